The predicted octanol–water partition coefficient (Wildman–Crippen LogP) is 2.39. The van der Waals surface area contributed by atoms with Gasteiger partial charge in [-0.05, 0) is 30.7 Å². The van der Waals surface area contributed by atoms with E-state index in [1.165, 1.54) is 19.3 Å². The lowest BCUT2D eigenvalue weighted by Gasteiger charge is -2.18. The monoisotopic (exact) mass is 217 g/mol. The second-order valence-corrected chi connectivity index (χ2v) is 4.69. The third-order valence-corrected chi connectivity index (χ3v) is 4.03. The third-order valence-electron chi connectivity index (χ3n) is 2.61. The summed E-state index contributed by atoms with van der Waals surface area (Å²) in [5.74, 6) is 0. The summed E-state index contributed by atoms with van der Waals surface area (Å²) in [7, 11) is 0. The van der Waals surface area contributed by atoms with E-state index in [9.17, 15) is 0 Å². The van der Waals surface area contributed by atoms with Crippen LogP contribution < -0.4 is 0 Å². The van der Waals surface area contributed by atoms with Crippen LogP contribution in [0.2, 0.25) is 5.28 Å². The van der Waals surface area contributed by atoms with E-state index in [2.05, 4.69) is 16.5 Å². The first kappa shape index (κ1) is 9.34. The Kier molecular flexibility index (Phi) is 2.79. The van der Waals surface area contributed by atoms with Crippen molar-refractivity contribution in [1.82, 2.24) is 14.8 Å². The molecule has 1 fully saturated rings. The second-order valence-electron chi connectivity index (χ2n) is 3.28. The lowest BCUT2D eigenvalue weighted by Crippen LogP contribution is -2.15. The van der Waals surface area contributed by atoms with Gasteiger partial charge in [-0.3, -0.25) is 0 Å². The highest BCUT2D eigenvalue weighted by molar-refractivity contribution is 7.99. The normalized spacial score (nSPS) is 28.2. The van der Waals surface area contributed by atoms with Gasteiger partial charge in [0.1, 0.15) is 6.33 Å². The summed E-state index contributed by atoms with van der Waals surface area (Å²) in [5, 5.41) is 8.80. The van der Waals surface area contributed by atoms with Gasteiger partial charge < -0.3 is 4.57 Å². The smallest absolute Gasteiger partial charge is 0.225 e. The molecule has 1 aliphatic carbocycles. The van der Waals surface area contributed by atoms with Crippen LogP contribution in [-0.2, 0) is 0 Å². The first-order valence-corrected chi connectivity index (χ1v) is 6.07. The number of rotatable bonds is 2. The molecule has 0 aromatic carbocycles. The molecular formula is C8H12ClN3S. The van der Waals surface area contributed by atoms with E-state index in [0.29, 0.717) is 16.6 Å². The summed E-state index contributed by atoms with van der Waals surface area (Å²) in [6.07, 6.45) is 7.65. The van der Waals surface area contributed by atoms with Crippen LogP contribution in [0.1, 0.15) is 25.3 Å². The predicted molar refractivity (Wildman–Crippen MR) is 55.2 cm³/mol. The fourth-order valence-corrected chi connectivity index (χ4v) is 3.15. The van der Waals surface area contributed by atoms with Crippen molar-refractivity contribution in [1.29, 1.82) is 0 Å². The highest BCUT2D eigenvalue weighted by atomic mass is 35.5. The molecule has 13 heavy (non-hydrogen) atoms. The van der Waals surface area contributed by atoms with Crippen LogP contribution in [-0.4, -0.2) is 26.3 Å². The zero-order valence-electron chi connectivity index (χ0n) is 7.48. The summed E-state index contributed by atoms with van der Waals surface area (Å²) in [6.45, 7) is 0. The van der Waals surface area contributed by atoms with Gasteiger partial charge in [0, 0.05) is 11.3 Å². The Balaban J connectivity index is 2.20. The van der Waals surface area contributed by atoms with Crippen LogP contribution >= 0.6 is 23.4 Å². The minimum Gasteiger partial charge on any atom is -0.300 e. The van der Waals surface area contributed by atoms with Crippen molar-refractivity contribution in [3.05, 3.63) is 11.6 Å². The molecule has 1 aromatic heterocycles. The Bertz CT molecular complexity index is 289. The SMILES string of the molecule is CSC1CCCC1n1cnnc1Cl. The molecule has 1 aliphatic rings. The topological polar surface area (TPSA) is 30.7 Å². The van der Waals surface area contributed by atoms with Gasteiger partial charge in [0.05, 0.1) is 0 Å². The fraction of sp³-hybridized carbons (Fsp3) is 0.750. The largest absolute Gasteiger partial charge is 0.300 e. The van der Waals surface area contributed by atoms with Crippen molar-refractivity contribution in [2.24, 2.45) is 0 Å². The molecule has 3 nitrogen and oxygen atoms in total. The maximum absolute atomic E-state index is 5.92. The zero-order valence-corrected chi connectivity index (χ0v) is 9.05. The Morgan fingerprint density at radius 1 is 1.62 bits per heavy atom. The lowest BCUT2D eigenvalue weighted by atomic mass is 10.2. The highest BCUT2D eigenvalue weighted by Crippen LogP contribution is 2.38. The summed E-state index contributed by atoms with van der Waals surface area (Å²) < 4.78 is 2.00. The molecule has 0 spiro atoms. The van der Waals surface area contributed by atoms with E-state index >= 15 is 0 Å². The second kappa shape index (κ2) is 3.88. The van der Waals surface area contributed by atoms with Crippen molar-refractivity contribution in [2.75, 3.05) is 6.26 Å². The van der Waals surface area contributed by atoms with Crippen molar-refractivity contribution in [2.45, 2.75) is 30.6 Å². The maximum Gasteiger partial charge on any atom is 0.225 e. The van der Waals surface area contributed by atoms with Crippen LogP contribution in [0.25, 0.3) is 0 Å². The lowest BCUT2D eigenvalue weighted by molar-refractivity contribution is 0.527. The number of nitrogens with zero attached hydrogens (tertiary/aromatic N) is 3. The molecule has 1 aromatic rings. The molecule has 2 unspecified atom stereocenters. The first-order chi connectivity index (χ1) is 6.33. The molecule has 2 atom stereocenters. The number of hydrogen-bond donors (Lipinski definition) is 0. The zero-order chi connectivity index (χ0) is 9.26. The molecule has 0 amide bonds. The van der Waals surface area contributed by atoms with Crippen LogP contribution in [0.5, 0.6) is 0 Å². The van der Waals surface area contributed by atoms with E-state index in [4.69, 9.17) is 11.6 Å². The molecule has 1 heterocycles. The summed E-state index contributed by atoms with van der Waals surface area (Å²) in [6, 6.07) is 0.498. The van der Waals surface area contributed by atoms with Gasteiger partial charge in [-0.15, -0.1) is 10.2 Å². The molecule has 1 saturated carbocycles. The van der Waals surface area contributed by atoms with Gasteiger partial charge in [-0.25, -0.2) is 0 Å². The van der Waals surface area contributed by atoms with E-state index in [0.717, 1.165) is 0 Å². The Hall–Kier alpha value is -0.220. The van der Waals surface area contributed by atoms with Gasteiger partial charge in [0.25, 0.3) is 0 Å². The summed E-state index contributed by atoms with van der Waals surface area (Å²) in [5.41, 5.74) is 0. The van der Waals surface area contributed by atoms with E-state index in [1.54, 1.807) is 6.33 Å². The summed E-state index contributed by atoms with van der Waals surface area (Å²) in [4.78, 5) is 0. The number of halogens is 1. The minimum absolute atomic E-state index is 0.498. The average molecular weight is 218 g/mol. The molecule has 72 valence electrons. The molecular weight excluding hydrogens is 206 g/mol. The Morgan fingerprint density at radius 2 is 2.46 bits per heavy atom. The van der Waals surface area contributed by atoms with Crippen LogP contribution in [0.4, 0.5) is 0 Å². The van der Waals surface area contributed by atoms with Gasteiger partial charge in [0.15, 0.2) is 0 Å². The van der Waals surface area contributed by atoms with Gasteiger partial charge in [-0.2, -0.15) is 11.8 Å². The molecule has 0 saturated heterocycles. The van der Waals surface area contributed by atoms with Crippen LogP contribution in [0.15, 0.2) is 6.33 Å². The van der Waals surface area contributed by atoms with Crippen LogP contribution in [0, 0.1) is 0 Å². The molecule has 0 radical (unpaired) electrons. The van der Waals surface area contributed by atoms with Crippen molar-refractivity contribution < 1.29 is 0 Å². The number of thioether (sulfide) groups is 1. The summed E-state index contributed by atoms with van der Waals surface area (Å²) >= 11 is 7.83. The third kappa shape index (κ3) is 1.70. The molecule has 0 N–H and O–H groups in total. The van der Waals surface area contributed by atoms with E-state index in [-0.39, 0.29) is 0 Å². The number of hydrogen-bond acceptors (Lipinski definition) is 3. The van der Waals surface area contributed by atoms with E-state index in [1.807, 2.05) is 16.3 Å². The molecule has 5 heteroatoms. The van der Waals surface area contributed by atoms with Crippen molar-refractivity contribution in [3.63, 3.8) is 0 Å². The van der Waals surface area contributed by atoms with Crippen molar-refractivity contribution in [3.8, 4) is 0 Å². The van der Waals surface area contributed by atoms with Gasteiger partial charge in [-0.1, -0.05) is 6.42 Å². The Labute approximate surface area is 86.9 Å². The molecule has 0 bridgehead atoms. The van der Waals surface area contributed by atoms with E-state index < -0.39 is 0 Å². The fourth-order valence-electron chi connectivity index (χ4n) is 1.95. The average Bonchev–Trinajstić information content (AvgIpc) is 2.71. The Morgan fingerprint density at radius 3 is 3.08 bits per heavy atom. The molecule has 0 aliphatic heterocycles. The number of aromatic nitrogens is 3. The minimum atomic E-state index is 0.498. The quantitative estimate of drug-likeness (QED) is 0.762. The van der Waals surface area contributed by atoms with Gasteiger partial charge in [0.2, 0.25) is 5.28 Å². The van der Waals surface area contributed by atoms with Crippen LogP contribution in [0.3, 0.4) is 0 Å². The van der Waals surface area contributed by atoms with Gasteiger partial charge >= 0.3 is 0 Å². The first-order valence-electron chi connectivity index (χ1n) is 4.40. The highest BCUT2D eigenvalue weighted by Gasteiger charge is 2.29. The standard InChI is InChI=1S/C8H12ClN3S/c1-13-7-4-2-3-6(7)12-5-10-11-8(12)9/h5-7H,2-4H2,1H3. The van der Waals surface area contributed by atoms with Crippen molar-refractivity contribution >= 4 is 23.4 Å². The molecule has 2 rings (SSSR count). The maximum atomic E-state index is 5.92.